The maximum Gasteiger partial charge on any atom is 0.309 e. The van der Waals surface area contributed by atoms with Crippen molar-refractivity contribution < 1.29 is 4.79 Å². The average molecular weight is 192 g/mol. The zero-order chi connectivity index (χ0) is 7.98. The van der Waals surface area contributed by atoms with Gasteiger partial charge in [0.2, 0.25) is 0 Å². The van der Waals surface area contributed by atoms with Crippen LogP contribution in [0.3, 0.4) is 0 Å². The number of thiophene rings is 1. The van der Waals surface area contributed by atoms with Crippen LogP contribution in [0.1, 0.15) is 4.88 Å². The molecule has 5 heteroatoms. The van der Waals surface area contributed by atoms with Crippen LogP contribution in [-0.2, 0) is 0 Å². The molecule has 1 aromatic rings. The van der Waals surface area contributed by atoms with Gasteiger partial charge in [-0.3, -0.25) is 0 Å². The summed E-state index contributed by atoms with van der Waals surface area (Å²) in [6.45, 7) is 2.10. The highest BCUT2D eigenvalue weighted by molar-refractivity contribution is 7.59. The van der Waals surface area contributed by atoms with Crippen LogP contribution in [-0.4, -0.2) is 6.03 Å². The number of primary amides is 2. The topological polar surface area (TPSA) is 69.1 Å². The summed E-state index contributed by atoms with van der Waals surface area (Å²) in [6, 6.07) is 3.32. The lowest BCUT2D eigenvalue weighted by molar-refractivity contribution is 0.256. The Bertz CT molecular complexity index is 182. The summed E-state index contributed by atoms with van der Waals surface area (Å²) in [7, 11) is 0. The first-order valence-corrected chi connectivity index (χ1v) is 3.56. The second kappa shape index (κ2) is 7.43. The normalized spacial score (nSPS) is 7.00. The van der Waals surface area contributed by atoms with Crippen molar-refractivity contribution in [3.05, 3.63) is 22.4 Å². The molecule has 0 aliphatic heterocycles. The Morgan fingerprint density at radius 3 is 2.09 bits per heavy atom. The Labute approximate surface area is 76.8 Å². The smallest absolute Gasteiger partial charge is 0.309 e. The van der Waals surface area contributed by atoms with Crippen molar-refractivity contribution in [2.75, 3.05) is 0 Å². The van der Waals surface area contributed by atoms with Gasteiger partial charge in [0.1, 0.15) is 0 Å². The molecule has 4 N–H and O–H groups in total. The van der Waals surface area contributed by atoms with E-state index in [9.17, 15) is 0 Å². The number of aryl methyl sites for hydroxylation is 1. The number of hydrogen-bond donors (Lipinski definition) is 2. The zero-order valence-corrected chi connectivity index (χ0v) is 8.02. The van der Waals surface area contributed by atoms with Crippen LogP contribution in [0, 0.1) is 6.92 Å². The molecule has 64 valence electrons. The van der Waals surface area contributed by atoms with Crippen LogP contribution < -0.4 is 11.5 Å². The SMILES string of the molecule is Cc1cccs1.NC(N)=O.S. The standard InChI is InChI=1S/C5H6S.CH4N2O.H2S/c1-5-3-2-4-6-5;2-1(3)4;/h2-4H,1H3;(H4,2,3,4);1H2. The van der Waals surface area contributed by atoms with E-state index in [0.29, 0.717) is 0 Å². The molecule has 0 fully saturated rings. The van der Waals surface area contributed by atoms with E-state index in [2.05, 4.69) is 35.9 Å². The van der Waals surface area contributed by atoms with E-state index in [-0.39, 0.29) is 13.5 Å². The fourth-order valence-corrected chi connectivity index (χ4v) is 0.890. The molecule has 1 rings (SSSR count). The minimum atomic E-state index is -0.833. The Hall–Kier alpha value is -0.680. The molecule has 11 heavy (non-hydrogen) atoms. The predicted octanol–water partition coefficient (Wildman–Crippen LogP) is 1.19. The number of nitrogens with two attached hydrogens (primary N) is 2. The Kier molecular flexibility index (Phi) is 8.74. The zero-order valence-electron chi connectivity index (χ0n) is 6.20. The average Bonchev–Trinajstić information content (AvgIpc) is 2.15. The summed E-state index contributed by atoms with van der Waals surface area (Å²) in [6.07, 6.45) is 0. The number of carbonyl (C=O) groups excluding carboxylic acids is 1. The molecule has 0 atom stereocenters. The summed E-state index contributed by atoms with van der Waals surface area (Å²) >= 11 is 1.78. The number of carbonyl (C=O) groups is 1. The largest absolute Gasteiger partial charge is 0.352 e. The molecule has 0 saturated heterocycles. The van der Waals surface area contributed by atoms with Crippen LogP contribution >= 0.6 is 24.8 Å². The van der Waals surface area contributed by atoms with E-state index >= 15 is 0 Å². The molecule has 3 nitrogen and oxygen atoms in total. The van der Waals surface area contributed by atoms with E-state index in [1.165, 1.54) is 4.88 Å². The highest BCUT2D eigenvalue weighted by Gasteiger charge is 1.74. The highest BCUT2D eigenvalue weighted by atomic mass is 32.1. The van der Waals surface area contributed by atoms with Crippen molar-refractivity contribution in [3.63, 3.8) is 0 Å². The van der Waals surface area contributed by atoms with E-state index in [0.717, 1.165) is 0 Å². The van der Waals surface area contributed by atoms with Gasteiger partial charge in [0.05, 0.1) is 0 Å². The molecular weight excluding hydrogens is 180 g/mol. The maximum atomic E-state index is 9.00. The second-order valence-corrected chi connectivity index (χ2v) is 2.78. The quantitative estimate of drug-likeness (QED) is 0.637. The van der Waals surface area contributed by atoms with Crippen molar-refractivity contribution in [2.24, 2.45) is 11.5 Å². The third-order valence-corrected chi connectivity index (χ3v) is 1.46. The van der Waals surface area contributed by atoms with Gasteiger partial charge in [0.25, 0.3) is 0 Å². The second-order valence-electron chi connectivity index (χ2n) is 1.63. The van der Waals surface area contributed by atoms with Gasteiger partial charge in [0.15, 0.2) is 0 Å². The first kappa shape index (κ1) is 12.9. The van der Waals surface area contributed by atoms with Gasteiger partial charge < -0.3 is 11.5 Å². The molecule has 0 unspecified atom stereocenters. The first-order chi connectivity index (χ1) is 4.63. The van der Waals surface area contributed by atoms with Gasteiger partial charge in [-0.1, -0.05) is 6.07 Å². The Morgan fingerprint density at radius 1 is 1.55 bits per heavy atom. The van der Waals surface area contributed by atoms with Gasteiger partial charge in [-0.15, -0.1) is 11.3 Å². The molecule has 0 saturated carbocycles. The Morgan fingerprint density at radius 2 is 2.00 bits per heavy atom. The molecule has 0 spiro atoms. The van der Waals surface area contributed by atoms with Crippen molar-refractivity contribution in [1.29, 1.82) is 0 Å². The molecule has 0 aliphatic rings. The van der Waals surface area contributed by atoms with Crippen molar-refractivity contribution in [1.82, 2.24) is 0 Å². The molecular formula is C6H12N2OS2. The van der Waals surface area contributed by atoms with Crippen molar-refractivity contribution in [2.45, 2.75) is 6.92 Å². The van der Waals surface area contributed by atoms with Gasteiger partial charge in [0, 0.05) is 4.88 Å². The molecule has 0 aliphatic carbocycles. The van der Waals surface area contributed by atoms with Crippen LogP contribution in [0.4, 0.5) is 4.79 Å². The van der Waals surface area contributed by atoms with Crippen LogP contribution in [0.25, 0.3) is 0 Å². The summed E-state index contributed by atoms with van der Waals surface area (Å²) in [5.41, 5.74) is 8.50. The molecule has 0 aromatic carbocycles. The van der Waals surface area contributed by atoms with Gasteiger partial charge in [-0.25, -0.2) is 4.79 Å². The van der Waals surface area contributed by atoms with Crippen molar-refractivity contribution >= 4 is 30.9 Å². The molecule has 1 aromatic heterocycles. The fraction of sp³-hybridized carbons (Fsp3) is 0.167. The van der Waals surface area contributed by atoms with Gasteiger partial charge in [-0.2, -0.15) is 13.5 Å². The highest BCUT2D eigenvalue weighted by Crippen LogP contribution is 2.03. The van der Waals surface area contributed by atoms with Crippen LogP contribution in [0.2, 0.25) is 0 Å². The fourth-order valence-electron chi connectivity index (χ4n) is 0.361. The van der Waals surface area contributed by atoms with Crippen molar-refractivity contribution in [3.8, 4) is 0 Å². The van der Waals surface area contributed by atoms with Gasteiger partial charge >= 0.3 is 6.03 Å². The number of amides is 2. The Balaban J connectivity index is 0. The third-order valence-electron chi connectivity index (χ3n) is 0.663. The first-order valence-electron chi connectivity index (χ1n) is 2.68. The van der Waals surface area contributed by atoms with E-state index in [4.69, 9.17) is 4.79 Å². The number of urea groups is 1. The lowest BCUT2D eigenvalue weighted by Gasteiger charge is -1.65. The number of rotatable bonds is 0. The third kappa shape index (κ3) is 12.5. The molecule has 2 amide bonds. The monoisotopic (exact) mass is 192 g/mol. The predicted molar refractivity (Wildman–Crippen MR) is 53.2 cm³/mol. The van der Waals surface area contributed by atoms with Crippen LogP contribution in [0.5, 0.6) is 0 Å². The minimum Gasteiger partial charge on any atom is -0.352 e. The summed E-state index contributed by atoms with van der Waals surface area (Å²) in [5, 5.41) is 2.08. The molecule has 1 heterocycles. The lowest BCUT2D eigenvalue weighted by atomic mass is 10.5. The molecule has 0 bridgehead atoms. The lowest BCUT2D eigenvalue weighted by Crippen LogP contribution is -2.18. The van der Waals surface area contributed by atoms with Crippen LogP contribution in [0.15, 0.2) is 17.5 Å². The van der Waals surface area contributed by atoms with E-state index in [1.54, 1.807) is 11.3 Å². The summed E-state index contributed by atoms with van der Waals surface area (Å²) in [5.74, 6) is 0. The number of hydrogen-bond acceptors (Lipinski definition) is 2. The maximum absolute atomic E-state index is 9.00. The summed E-state index contributed by atoms with van der Waals surface area (Å²) < 4.78 is 0. The van der Waals surface area contributed by atoms with E-state index in [1.807, 2.05) is 0 Å². The van der Waals surface area contributed by atoms with E-state index < -0.39 is 6.03 Å². The molecule has 0 radical (unpaired) electrons. The summed E-state index contributed by atoms with van der Waals surface area (Å²) in [4.78, 5) is 10.4. The minimum absolute atomic E-state index is 0. The van der Waals surface area contributed by atoms with Gasteiger partial charge in [-0.05, 0) is 18.4 Å².